The van der Waals surface area contributed by atoms with Crippen LogP contribution in [0.5, 0.6) is 0 Å². The summed E-state index contributed by atoms with van der Waals surface area (Å²) in [5, 5.41) is 19.0. The van der Waals surface area contributed by atoms with E-state index in [-0.39, 0.29) is 5.56 Å². The topological polar surface area (TPSA) is 57.2 Å². The molecule has 1 rings (SSSR count). The van der Waals surface area contributed by atoms with E-state index in [0.717, 1.165) is 12.1 Å². The first-order valence-electron chi connectivity index (χ1n) is 3.25. The van der Waals surface area contributed by atoms with Gasteiger partial charge in [-0.2, -0.15) is 0 Å². The van der Waals surface area contributed by atoms with E-state index >= 15 is 0 Å². The van der Waals surface area contributed by atoms with Gasteiger partial charge in [0.2, 0.25) is 0 Å². The summed E-state index contributed by atoms with van der Waals surface area (Å²) in [7, 11) is 0. The molecule has 1 unspecified atom stereocenters. The van der Waals surface area contributed by atoms with Gasteiger partial charge in [0.05, 0.1) is 0 Å². The number of carbonyl (C=O) groups is 1. The first-order chi connectivity index (χ1) is 5.61. The van der Waals surface area contributed by atoms with E-state index in [9.17, 15) is 14.3 Å². The molecule has 3 nitrogen and oxygen atoms in total. The van der Waals surface area contributed by atoms with E-state index in [1.165, 1.54) is 12.1 Å². The van der Waals surface area contributed by atoms with Crippen molar-refractivity contribution in [3.63, 3.8) is 0 Å². The smallest absolute Gasteiger partial charge is 0.377 e. The van der Waals surface area contributed by atoms with Crippen LogP contribution in [0.3, 0.4) is 0 Å². The molecule has 4 heteroatoms. The van der Waals surface area contributed by atoms with Crippen molar-refractivity contribution in [2.45, 2.75) is 6.10 Å². The summed E-state index contributed by atoms with van der Waals surface area (Å²) in [5.41, 5.74) is -0.0185. The molecule has 1 aromatic carbocycles. The highest BCUT2D eigenvalue weighted by Gasteiger charge is 2.17. The number of carbonyl (C=O) groups excluding carboxylic acids is 1. The van der Waals surface area contributed by atoms with Crippen molar-refractivity contribution in [2.75, 3.05) is 0 Å². The lowest BCUT2D eigenvalue weighted by Crippen LogP contribution is -2.08. The van der Waals surface area contributed by atoms with Gasteiger partial charge in [0.1, 0.15) is 5.82 Å². The van der Waals surface area contributed by atoms with E-state index in [1.807, 2.05) is 0 Å². The molecule has 0 saturated heterocycles. The van der Waals surface area contributed by atoms with E-state index in [1.54, 1.807) is 0 Å². The molecule has 0 aliphatic heterocycles. The van der Waals surface area contributed by atoms with Crippen LogP contribution in [0.4, 0.5) is 4.39 Å². The van der Waals surface area contributed by atoms with Crippen LogP contribution in [0.15, 0.2) is 24.3 Å². The molecule has 1 atom stereocenters. The lowest BCUT2D eigenvalue weighted by atomic mass is 10.1. The van der Waals surface area contributed by atoms with E-state index < -0.39 is 17.9 Å². The second kappa shape index (κ2) is 3.32. The fourth-order valence-electron chi connectivity index (χ4n) is 0.813. The van der Waals surface area contributed by atoms with Crippen LogP contribution in [0.1, 0.15) is 11.7 Å². The third kappa shape index (κ3) is 1.79. The number of hydrogen-bond acceptors (Lipinski definition) is 2. The second-order valence-electron chi connectivity index (χ2n) is 2.28. The number of halogens is 1. The molecule has 12 heavy (non-hydrogen) atoms. The molecular formula is C8H6FO3. The van der Waals surface area contributed by atoms with Crippen molar-refractivity contribution in [2.24, 2.45) is 0 Å². The third-order valence-electron chi connectivity index (χ3n) is 1.39. The standard InChI is InChI=1S/C8H6FO3/c9-6-3-1-2-5(4-6)7(10)8(11)12/h1-4,7,10H. The van der Waals surface area contributed by atoms with E-state index in [4.69, 9.17) is 5.11 Å². The number of aliphatic hydroxyl groups excluding tert-OH is 1. The molecular weight excluding hydrogens is 163 g/mol. The van der Waals surface area contributed by atoms with Crippen LogP contribution in [0, 0.1) is 5.82 Å². The molecule has 1 aromatic rings. The van der Waals surface area contributed by atoms with Gasteiger partial charge in [-0.1, -0.05) is 12.1 Å². The van der Waals surface area contributed by atoms with Gasteiger partial charge in [-0.15, -0.1) is 0 Å². The van der Waals surface area contributed by atoms with Crippen molar-refractivity contribution >= 4 is 5.97 Å². The fourth-order valence-corrected chi connectivity index (χ4v) is 0.813. The molecule has 0 heterocycles. The largest absolute Gasteiger partial charge is 0.388 e. The van der Waals surface area contributed by atoms with Gasteiger partial charge in [-0.05, 0) is 17.7 Å². The molecule has 0 aliphatic rings. The monoisotopic (exact) mass is 169 g/mol. The summed E-state index contributed by atoms with van der Waals surface area (Å²) in [5.74, 6) is -2.23. The minimum absolute atomic E-state index is 0.0185. The maximum atomic E-state index is 12.5. The number of aliphatic hydroxyl groups is 1. The third-order valence-corrected chi connectivity index (χ3v) is 1.39. The highest BCUT2D eigenvalue weighted by Crippen LogP contribution is 2.13. The fraction of sp³-hybridized carbons (Fsp3) is 0.125. The molecule has 0 amide bonds. The zero-order chi connectivity index (χ0) is 9.14. The summed E-state index contributed by atoms with van der Waals surface area (Å²) in [6.45, 7) is 0. The van der Waals surface area contributed by atoms with Crippen molar-refractivity contribution in [1.82, 2.24) is 0 Å². The molecule has 1 N–H and O–H groups in total. The first-order valence-corrected chi connectivity index (χ1v) is 3.25. The van der Waals surface area contributed by atoms with Gasteiger partial charge in [0, 0.05) is 0 Å². The summed E-state index contributed by atoms with van der Waals surface area (Å²) in [4.78, 5) is 10.1. The molecule has 0 spiro atoms. The van der Waals surface area contributed by atoms with Crippen molar-refractivity contribution in [1.29, 1.82) is 0 Å². The average Bonchev–Trinajstić information content (AvgIpc) is 2.03. The highest BCUT2D eigenvalue weighted by atomic mass is 19.1. The summed E-state index contributed by atoms with van der Waals surface area (Å²) < 4.78 is 12.5. The zero-order valence-corrected chi connectivity index (χ0v) is 6.03. The van der Waals surface area contributed by atoms with Crippen molar-refractivity contribution in [3.8, 4) is 0 Å². The van der Waals surface area contributed by atoms with E-state index in [0.29, 0.717) is 0 Å². The van der Waals surface area contributed by atoms with Gasteiger partial charge < -0.3 is 5.11 Å². The minimum atomic E-state index is -1.76. The second-order valence-corrected chi connectivity index (χ2v) is 2.28. The van der Waals surface area contributed by atoms with Crippen LogP contribution in [0.25, 0.3) is 0 Å². The van der Waals surface area contributed by atoms with Gasteiger partial charge >= 0.3 is 5.97 Å². The Morgan fingerprint density at radius 2 is 2.17 bits per heavy atom. The summed E-state index contributed by atoms with van der Waals surface area (Å²) >= 11 is 0. The number of hydrogen-bond donors (Lipinski definition) is 1. The Bertz CT molecular complexity index is 298. The van der Waals surface area contributed by atoms with Crippen LogP contribution >= 0.6 is 0 Å². The average molecular weight is 169 g/mol. The Morgan fingerprint density at radius 3 is 2.67 bits per heavy atom. The van der Waals surface area contributed by atoms with Crippen LogP contribution in [0.2, 0.25) is 0 Å². The van der Waals surface area contributed by atoms with Gasteiger partial charge in [-0.25, -0.2) is 14.3 Å². The first kappa shape index (κ1) is 8.67. The molecule has 63 valence electrons. The summed E-state index contributed by atoms with van der Waals surface area (Å²) in [6.07, 6.45) is -1.76. The number of benzene rings is 1. The Hall–Kier alpha value is -1.42. The molecule has 0 fully saturated rings. The SMILES string of the molecule is [O]C(=O)C(O)c1cccc(F)c1. The van der Waals surface area contributed by atoms with Gasteiger partial charge in [-0.3, -0.25) is 0 Å². The summed E-state index contributed by atoms with van der Waals surface area (Å²) in [6, 6.07) is 4.73. The zero-order valence-electron chi connectivity index (χ0n) is 6.03. The van der Waals surface area contributed by atoms with Crippen LogP contribution < -0.4 is 0 Å². The normalized spacial score (nSPS) is 12.5. The van der Waals surface area contributed by atoms with E-state index in [2.05, 4.69) is 0 Å². The van der Waals surface area contributed by atoms with Crippen molar-refractivity contribution < 1.29 is 19.4 Å². The Labute approximate surface area is 68.1 Å². The lowest BCUT2D eigenvalue weighted by molar-refractivity contribution is -0.153. The van der Waals surface area contributed by atoms with Gasteiger partial charge in [0.25, 0.3) is 0 Å². The molecule has 0 aliphatic carbocycles. The molecule has 0 saturated carbocycles. The maximum Gasteiger partial charge on any atom is 0.388 e. The predicted molar refractivity (Wildman–Crippen MR) is 37.1 cm³/mol. The quantitative estimate of drug-likeness (QED) is 0.712. The van der Waals surface area contributed by atoms with Crippen LogP contribution in [-0.2, 0) is 9.90 Å². The Kier molecular flexibility index (Phi) is 2.40. The lowest BCUT2D eigenvalue weighted by Gasteiger charge is -2.02. The predicted octanol–water partition coefficient (Wildman–Crippen LogP) is 0.816. The molecule has 1 radical (unpaired) electrons. The Balaban J connectivity index is 2.95. The molecule has 0 bridgehead atoms. The molecule has 0 aromatic heterocycles. The maximum absolute atomic E-state index is 12.5. The highest BCUT2D eigenvalue weighted by molar-refractivity contribution is 5.73. The van der Waals surface area contributed by atoms with Crippen LogP contribution in [-0.4, -0.2) is 11.1 Å². The van der Waals surface area contributed by atoms with Gasteiger partial charge in [0.15, 0.2) is 6.10 Å². The van der Waals surface area contributed by atoms with Crippen molar-refractivity contribution in [3.05, 3.63) is 35.6 Å². The Morgan fingerprint density at radius 1 is 1.50 bits per heavy atom. The minimum Gasteiger partial charge on any atom is -0.377 e. The number of rotatable bonds is 2.